The van der Waals surface area contributed by atoms with Crippen LogP contribution >= 0.6 is 0 Å². The van der Waals surface area contributed by atoms with Crippen LogP contribution in [0.1, 0.15) is 30.9 Å². The first-order valence-corrected chi connectivity index (χ1v) is 8.50. The summed E-state index contributed by atoms with van der Waals surface area (Å²) < 4.78 is 5.45. The molecule has 23 heavy (non-hydrogen) atoms. The van der Waals surface area contributed by atoms with E-state index in [1.165, 1.54) is 0 Å². The number of aryl methyl sites for hydroxylation is 1. The molecule has 0 radical (unpaired) electrons. The van der Waals surface area contributed by atoms with E-state index in [1.807, 2.05) is 6.92 Å². The van der Waals surface area contributed by atoms with Gasteiger partial charge in [-0.2, -0.15) is 0 Å². The maximum atomic E-state index is 13.2. The zero-order chi connectivity index (χ0) is 16.8. The fraction of sp³-hybridized carbons (Fsp3) is 0.632. The van der Waals surface area contributed by atoms with E-state index < -0.39 is 0 Å². The molecule has 1 aliphatic carbocycles. The van der Waals surface area contributed by atoms with Gasteiger partial charge in [-0.05, 0) is 57.0 Å². The molecule has 1 saturated carbocycles. The van der Waals surface area contributed by atoms with E-state index in [-0.39, 0.29) is 5.41 Å². The van der Waals surface area contributed by atoms with Crippen LogP contribution < -0.4 is 4.74 Å². The molecule has 0 bridgehead atoms. The van der Waals surface area contributed by atoms with E-state index in [4.69, 9.17) is 4.74 Å². The van der Waals surface area contributed by atoms with Crippen LogP contribution in [0.25, 0.3) is 0 Å². The molecule has 1 aliphatic heterocycles. The molecule has 1 aromatic rings. The molecule has 0 aromatic heterocycles. The van der Waals surface area contributed by atoms with Crippen LogP contribution in [0, 0.1) is 12.8 Å². The van der Waals surface area contributed by atoms with Gasteiger partial charge in [0.05, 0.1) is 12.5 Å². The zero-order valence-corrected chi connectivity index (χ0v) is 14.9. The fourth-order valence-corrected chi connectivity index (χ4v) is 3.96. The van der Waals surface area contributed by atoms with E-state index in [1.54, 1.807) is 7.11 Å². The number of nitrogens with zero attached hydrogens (tertiary/aromatic N) is 2. The van der Waals surface area contributed by atoms with Crippen LogP contribution in [0.15, 0.2) is 18.2 Å². The lowest BCUT2D eigenvalue weighted by Gasteiger charge is -2.25. The highest BCUT2D eigenvalue weighted by Gasteiger charge is 2.54. The summed E-state index contributed by atoms with van der Waals surface area (Å²) in [6.07, 6.45) is 1.91. The Bertz CT molecular complexity index is 607. The third-order valence-electron chi connectivity index (χ3n) is 5.64. The second-order valence-corrected chi connectivity index (χ2v) is 7.48. The van der Waals surface area contributed by atoms with Crippen molar-refractivity contribution in [1.29, 1.82) is 0 Å². The molecule has 2 aliphatic rings. The van der Waals surface area contributed by atoms with Crippen LogP contribution in [0.5, 0.6) is 5.75 Å². The predicted molar refractivity (Wildman–Crippen MR) is 91.9 cm³/mol. The Labute approximate surface area is 139 Å². The first-order valence-electron chi connectivity index (χ1n) is 8.50. The van der Waals surface area contributed by atoms with E-state index in [0.717, 1.165) is 42.8 Å². The Morgan fingerprint density at radius 2 is 2.00 bits per heavy atom. The Morgan fingerprint density at radius 3 is 2.52 bits per heavy atom. The average Bonchev–Trinajstić information content (AvgIpc) is 3.23. The fourth-order valence-electron chi connectivity index (χ4n) is 3.96. The molecule has 3 rings (SSSR count). The molecule has 4 nitrogen and oxygen atoms in total. The molecule has 1 saturated heterocycles. The Hall–Kier alpha value is -1.55. The quantitative estimate of drug-likeness (QED) is 0.855. The number of likely N-dealkylation sites (N-methyl/N-ethyl adjacent to an activating group) is 1. The van der Waals surface area contributed by atoms with Gasteiger partial charge in [0.1, 0.15) is 5.75 Å². The molecule has 1 amide bonds. The zero-order valence-electron chi connectivity index (χ0n) is 14.9. The molecule has 1 heterocycles. The first kappa shape index (κ1) is 16.3. The van der Waals surface area contributed by atoms with Gasteiger partial charge in [-0.15, -0.1) is 0 Å². The summed E-state index contributed by atoms with van der Waals surface area (Å²) in [6, 6.07) is 6.69. The lowest BCUT2D eigenvalue weighted by molar-refractivity contribution is -0.133. The Balaban J connectivity index is 1.82. The molecule has 0 spiro atoms. The van der Waals surface area contributed by atoms with Gasteiger partial charge in [0, 0.05) is 19.1 Å². The highest BCUT2D eigenvalue weighted by atomic mass is 16.5. The summed E-state index contributed by atoms with van der Waals surface area (Å²) in [4.78, 5) is 17.5. The lowest BCUT2D eigenvalue weighted by atomic mass is 9.93. The second-order valence-electron chi connectivity index (χ2n) is 7.48. The highest BCUT2D eigenvalue weighted by molar-refractivity contribution is 5.91. The van der Waals surface area contributed by atoms with Gasteiger partial charge in [0.25, 0.3) is 0 Å². The van der Waals surface area contributed by atoms with E-state index in [2.05, 4.69) is 49.0 Å². The molecule has 0 unspecified atom stereocenters. The van der Waals surface area contributed by atoms with Crippen LogP contribution in [0.2, 0.25) is 0 Å². The topological polar surface area (TPSA) is 32.8 Å². The third kappa shape index (κ3) is 2.74. The third-order valence-corrected chi connectivity index (χ3v) is 5.64. The van der Waals surface area contributed by atoms with Gasteiger partial charge in [-0.3, -0.25) is 4.79 Å². The minimum atomic E-state index is -0.304. The van der Waals surface area contributed by atoms with Gasteiger partial charge in [0.15, 0.2) is 0 Å². The van der Waals surface area contributed by atoms with Gasteiger partial charge in [-0.25, -0.2) is 0 Å². The minimum Gasteiger partial charge on any atom is -0.496 e. The second kappa shape index (κ2) is 5.82. The number of ether oxygens (including phenoxy) is 1. The SMILES string of the molecule is COc1cc(C2(C(=O)N3C[C@H](C)[C@@H](N(C)C)C3)CC2)ccc1C. The number of carbonyl (C=O) groups excluding carboxylic acids is 1. The largest absolute Gasteiger partial charge is 0.496 e. The van der Waals surface area contributed by atoms with E-state index in [9.17, 15) is 4.79 Å². The maximum absolute atomic E-state index is 13.2. The summed E-state index contributed by atoms with van der Waals surface area (Å²) >= 11 is 0. The van der Waals surface area contributed by atoms with Crippen molar-refractivity contribution in [2.24, 2.45) is 5.92 Å². The molecule has 2 atom stereocenters. The average molecular weight is 316 g/mol. The van der Waals surface area contributed by atoms with Crippen molar-refractivity contribution in [2.45, 2.75) is 38.1 Å². The number of carbonyl (C=O) groups is 1. The highest BCUT2D eigenvalue weighted by Crippen LogP contribution is 2.51. The monoisotopic (exact) mass is 316 g/mol. The Morgan fingerprint density at radius 1 is 1.30 bits per heavy atom. The van der Waals surface area contributed by atoms with Gasteiger partial charge >= 0.3 is 0 Å². The van der Waals surface area contributed by atoms with Gasteiger partial charge < -0.3 is 14.5 Å². The van der Waals surface area contributed by atoms with Crippen LogP contribution in [-0.2, 0) is 10.2 Å². The number of hydrogen-bond donors (Lipinski definition) is 0. The number of likely N-dealkylation sites (tertiary alicyclic amines) is 1. The summed E-state index contributed by atoms with van der Waals surface area (Å²) in [5.41, 5.74) is 1.93. The number of rotatable bonds is 4. The van der Waals surface area contributed by atoms with Crippen molar-refractivity contribution in [3.63, 3.8) is 0 Å². The molecular formula is C19H28N2O2. The summed E-state index contributed by atoms with van der Waals surface area (Å²) in [6.45, 7) is 5.99. The van der Waals surface area contributed by atoms with Crippen molar-refractivity contribution in [1.82, 2.24) is 9.80 Å². The molecule has 0 N–H and O–H groups in total. The van der Waals surface area contributed by atoms with Crippen LogP contribution in [0.4, 0.5) is 0 Å². The summed E-state index contributed by atoms with van der Waals surface area (Å²) in [5.74, 6) is 1.71. The molecule has 4 heteroatoms. The minimum absolute atomic E-state index is 0.304. The van der Waals surface area contributed by atoms with Crippen molar-refractivity contribution in [3.8, 4) is 5.75 Å². The van der Waals surface area contributed by atoms with Crippen molar-refractivity contribution in [3.05, 3.63) is 29.3 Å². The summed E-state index contributed by atoms with van der Waals surface area (Å²) in [7, 11) is 5.90. The maximum Gasteiger partial charge on any atom is 0.233 e. The Kier molecular flexibility index (Phi) is 4.13. The van der Waals surface area contributed by atoms with Crippen LogP contribution in [-0.4, -0.2) is 56.0 Å². The predicted octanol–water partition coefficient (Wildman–Crippen LogP) is 2.44. The first-order chi connectivity index (χ1) is 10.9. The molecule has 126 valence electrons. The molecule has 1 aromatic carbocycles. The normalized spacial score (nSPS) is 25.7. The van der Waals surface area contributed by atoms with Gasteiger partial charge in [-0.1, -0.05) is 19.1 Å². The number of amides is 1. The standard InChI is InChI=1S/C19H28N2O2/c1-13-6-7-15(10-17(13)23-5)19(8-9-19)18(22)21-11-14(2)16(12-21)20(3)4/h6-7,10,14,16H,8-9,11-12H2,1-5H3/t14-,16-/m0/s1. The number of methoxy groups -OCH3 is 1. The number of hydrogen-bond acceptors (Lipinski definition) is 3. The molecular weight excluding hydrogens is 288 g/mol. The van der Waals surface area contributed by atoms with Crippen molar-refractivity contribution < 1.29 is 9.53 Å². The number of benzene rings is 1. The summed E-state index contributed by atoms with van der Waals surface area (Å²) in [5, 5.41) is 0. The van der Waals surface area contributed by atoms with Crippen molar-refractivity contribution >= 4 is 5.91 Å². The van der Waals surface area contributed by atoms with E-state index in [0.29, 0.717) is 17.9 Å². The lowest BCUT2D eigenvalue weighted by Crippen LogP contribution is -2.40. The van der Waals surface area contributed by atoms with Gasteiger partial charge in [0.2, 0.25) is 5.91 Å². The van der Waals surface area contributed by atoms with Crippen molar-refractivity contribution in [2.75, 3.05) is 34.3 Å². The molecule has 2 fully saturated rings. The van der Waals surface area contributed by atoms with Crippen LogP contribution in [0.3, 0.4) is 0 Å². The smallest absolute Gasteiger partial charge is 0.233 e. The van der Waals surface area contributed by atoms with E-state index >= 15 is 0 Å².